The molecule has 11 heteroatoms. The topological polar surface area (TPSA) is 143 Å². The molecular formula is C34H49N3O7S. The van der Waals surface area contributed by atoms with Gasteiger partial charge in [0.1, 0.15) is 18.8 Å². The minimum Gasteiger partial charge on any atom is -0.369 e. The Morgan fingerprint density at radius 2 is 1.40 bits per heavy atom. The van der Waals surface area contributed by atoms with Crippen LogP contribution < -0.4 is 16.0 Å². The molecule has 1 aliphatic heterocycles. The van der Waals surface area contributed by atoms with E-state index in [9.17, 15) is 22.8 Å². The lowest BCUT2D eigenvalue weighted by Crippen LogP contribution is -2.62. The molecule has 3 amide bonds. The van der Waals surface area contributed by atoms with E-state index in [1.165, 1.54) is 13.8 Å². The first-order valence-electron chi connectivity index (χ1n) is 15.5. The Labute approximate surface area is 267 Å². The van der Waals surface area contributed by atoms with E-state index in [0.29, 0.717) is 12.8 Å². The molecule has 248 valence electrons. The maximum atomic E-state index is 13.8. The van der Waals surface area contributed by atoms with Crippen LogP contribution in [0.5, 0.6) is 0 Å². The molecule has 1 fully saturated rings. The molecule has 3 N–H and O–H groups in total. The van der Waals surface area contributed by atoms with Crippen molar-refractivity contribution in [1.29, 1.82) is 0 Å². The SMILES string of the molecule is CC(C)OCC(=O)N[C@H](C(=O)N[C@@H](Cc1ccccc1)[C@H]1O[C@H]1CC(=O)NC(Cc1ccccc1)C(C)C)C(C)(C)S(C)(=O)=O. The van der Waals surface area contributed by atoms with Gasteiger partial charge in [-0.25, -0.2) is 8.42 Å². The number of rotatable bonds is 17. The zero-order chi connectivity index (χ0) is 33.4. The van der Waals surface area contributed by atoms with Crippen molar-refractivity contribution in [1.82, 2.24) is 16.0 Å². The summed E-state index contributed by atoms with van der Waals surface area (Å²) in [6.45, 7) is 10.2. The number of sulfone groups is 1. The molecule has 2 aromatic carbocycles. The minimum absolute atomic E-state index is 0.0563. The molecule has 0 bridgehead atoms. The van der Waals surface area contributed by atoms with Gasteiger partial charge in [-0.1, -0.05) is 74.5 Å². The van der Waals surface area contributed by atoms with Crippen LogP contribution in [-0.2, 0) is 46.5 Å². The Balaban J connectivity index is 1.75. The fourth-order valence-electron chi connectivity index (χ4n) is 5.04. The predicted octanol–water partition coefficient (Wildman–Crippen LogP) is 2.99. The highest BCUT2D eigenvalue weighted by Crippen LogP contribution is 2.31. The number of ether oxygens (including phenoxy) is 2. The second kappa shape index (κ2) is 15.8. The highest BCUT2D eigenvalue weighted by molar-refractivity contribution is 7.92. The van der Waals surface area contributed by atoms with Gasteiger partial charge in [0.25, 0.3) is 0 Å². The third-order valence-electron chi connectivity index (χ3n) is 8.25. The maximum Gasteiger partial charge on any atom is 0.246 e. The van der Waals surface area contributed by atoms with Gasteiger partial charge in [0.15, 0.2) is 9.84 Å². The second-order valence-corrected chi connectivity index (χ2v) is 15.6. The van der Waals surface area contributed by atoms with E-state index in [2.05, 4.69) is 29.8 Å². The fraction of sp³-hybridized carbons (Fsp3) is 0.559. The second-order valence-electron chi connectivity index (χ2n) is 13.0. The first kappa shape index (κ1) is 36.2. The van der Waals surface area contributed by atoms with E-state index in [0.717, 1.165) is 17.4 Å². The van der Waals surface area contributed by atoms with Crippen molar-refractivity contribution >= 4 is 27.6 Å². The number of benzene rings is 2. The zero-order valence-electron chi connectivity index (χ0n) is 27.4. The first-order chi connectivity index (χ1) is 21.1. The van der Waals surface area contributed by atoms with Crippen LogP contribution in [-0.4, -0.2) is 80.2 Å². The summed E-state index contributed by atoms with van der Waals surface area (Å²) in [5, 5.41) is 8.69. The normalized spacial score (nSPS) is 18.6. The van der Waals surface area contributed by atoms with Crippen molar-refractivity contribution in [2.45, 2.75) is 102 Å². The van der Waals surface area contributed by atoms with E-state index in [1.807, 2.05) is 60.7 Å². The molecular weight excluding hydrogens is 594 g/mol. The Bertz CT molecular complexity index is 1380. The fourth-order valence-corrected chi connectivity index (χ4v) is 5.64. The van der Waals surface area contributed by atoms with Gasteiger partial charge < -0.3 is 25.4 Å². The minimum atomic E-state index is -3.79. The largest absolute Gasteiger partial charge is 0.369 e. The van der Waals surface area contributed by atoms with Crippen LogP contribution in [0.1, 0.15) is 59.1 Å². The van der Waals surface area contributed by atoms with E-state index >= 15 is 0 Å². The van der Waals surface area contributed by atoms with Crippen LogP contribution in [0.4, 0.5) is 0 Å². The van der Waals surface area contributed by atoms with E-state index in [1.54, 1.807) is 13.8 Å². The van der Waals surface area contributed by atoms with Crippen LogP contribution in [0.15, 0.2) is 60.7 Å². The zero-order valence-corrected chi connectivity index (χ0v) is 28.2. The van der Waals surface area contributed by atoms with Gasteiger partial charge >= 0.3 is 0 Å². The molecule has 0 radical (unpaired) electrons. The first-order valence-corrected chi connectivity index (χ1v) is 17.4. The molecule has 10 nitrogen and oxygen atoms in total. The van der Waals surface area contributed by atoms with Crippen LogP contribution in [0, 0.1) is 5.92 Å². The lowest BCUT2D eigenvalue weighted by Gasteiger charge is -2.33. The average Bonchev–Trinajstić information content (AvgIpc) is 3.73. The summed E-state index contributed by atoms with van der Waals surface area (Å²) < 4.78 is 35.2. The molecule has 5 atom stereocenters. The number of hydrogen-bond acceptors (Lipinski definition) is 7. The molecule has 2 aromatic rings. The van der Waals surface area contributed by atoms with E-state index in [-0.39, 0.29) is 37.0 Å². The van der Waals surface area contributed by atoms with Crippen molar-refractivity contribution in [3.63, 3.8) is 0 Å². The standard InChI is InChI=1S/C34H49N3O7S/c1-22(2)26(18-24-14-10-8-11-15-24)35-29(38)20-28-31(44-28)27(19-25-16-12-9-13-17-25)36-33(40)32(34(5,6)45(7,41)42)37-30(39)21-43-23(3)4/h8-17,22-23,26-28,31-32H,18-21H2,1-7H3,(H,35,38)(H,36,40)(H,37,39)/t26?,27-,28-,31+,32+/m0/s1. The monoisotopic (exact) mass is 643 g/mol. The third kappa shape index (κ3) is 10.9. The van der Waals surface area contributed by atoms with Crippen LogP contribution in [0.25, 0.3) is 0 Å². The third-order valence-corrected chi connectivity index (χ3v) is 10.4. The Morgan fingerprint density at radius 3 is 1.91 bits per heavy atom. The number of epoxide rings is 1. The summed E-state index contributed by atoms with van der Waals surface area (Å²) in [6, 6.07) is 17.4. The Kier molecular flexibility index (Phi) is 12.7. The molecule has 1 saturated heterocycles. The number of nitrogens with one attached hydrogen (secondary N) is 3. The Hall–Kier alpha value is -3.28. The lowest BCUT2D eigenvalue weighted by molar-refractivity contribution is -0.133. The quantitative estimate of drug-likeness (QED) is 0.225. The van der Waals surface area contributed by atoms with Crippen molar-refractivity contribution in [2.24, 2.45) is 5.92 Å². The van der Waals surface area contributed by atoms with Crippen LogP contribution in [0.3, 0.4) is 0 Å². The molecule has 1 unspecified atom stereocenters. The smallest absolute Gasteiger partial charge is 0.246 e. The summed E-state index contributed by atoms with van der Waals surface area (Å²) in [6.07, 6.45) is 1.10. The summed E-state index contributed by atoms with van der Waals surface area (Å²) in [4.78, 5) is 39.6. The average molecular weight is 644 g/mol. The molecule has 0 aliphatic carbocycles. The van der Waals surface area contributed by atoms with E-state index < -0.39 is 50.7 Å². The summed E-state index contributed by atoms with van der Waals surface area (Å²) in [7, 11) is -3.79. The summed E-state index contributed by atoms with van der Waals surface area (Å²) in [5.41, 5.74) is 2.06. The van der Waals surface area contributed by atoms with Crippen molar-refractivity contribution in [2.75, 3.05) is 12.9 Å². The van der Waals surface area contributed by atoms with Crippen LogP contribution >= 0.6 is 0 Å². The molecule has 0 spiro atoms. The van der Waals surface area contributed by atoms with Gasteiger partial charge in [0, 0.05) is 12.3 Å². The van der Waals surface area contributed by atoms with Gasteiger partial charge in [0.05, 0.1) is 29.4 Å². The molecule has 3 rings (SSSR count). The molecule has 0 saturated carbocycles. The molecule has 45 heavy (non-hydrogen) atoms. The van der Waals surface area contributed by atoms with Gasteiger partial charge in [-0.15, -0.1) is 0 Å². The number of carbonyl (C=O) groups excluding carboxylic acids is 3. The van der Waals surface area contributed by atoms with Crippen molar-refractivity contribution in [3.05, 3.63) is 71.8 Å². The van der Waals surface area contributed by atoms with Crippen molar-refractivity contribution in [3.8, 4) is 0 Å². The van der Waals surface area contributed by atoms with Gasteiger partial charge in [-0.2, -0.15) is 0 Å². The summed E-state index contributed by atoms with van der Waals surface area (Å²) >= 11 is 0. The predicted molar refractivity (Wildman–Crippen MR) is 174 cm³/mol. The summed E-state index contributed by atoms with van der Waals surface area (Å²) in [5.74, 6) is -1.19. The number of hydrogen-bond donors (Lipinski definition) is 3. The molecule has 0 aromatic heterocycles. The van der Waals surface area contributed by atoms with Crippen LogP contribution in [0.2, 0.25) is 0 Å². The molecule has 1 aliphatic rings. The van der Waals surface area contributed by atoms with Gasteiger partial charge in [-0.05, 0) is 57.6 Å². The number of amides is 3. The van der Waals surface area contributed by atoms with Gasteiger partial charge in [0.2, 0.25) is 17.7 Å². The highest BCUT2D eigenvalue weighted by Gasteiger charge is 2.49. The van der Waals surface area contributed by atoms with Gasteiger partial charge in [-0.3, -0.25) is 14.4 Å². The number of carbonyl (C=O) groups is 3. The lowest BCUT2D eigenvalue weighted by atomic mass is 9.95. The Morgan fingerprint density at radius 1 is 0.844 bits per heavy atom. The van der Waals surface area contributed by atoms with E-state index in [4.69, 9.17) is 9.47 Å². The molecule has 1 heterocycles. The maximum absolute atomic E-state index is 13.8. The highest BCUT2D eigenvalue weighted by atomic mass is 32.2. The van der Waals surface area contributed by atoms with Crippen molar-refractivity contribution < 1.29 is 32.3 Å².